The van der Waals surface area contributed by atoms with Crippen molar-refractivity contribution in [1.82, 2.24) is 44.4 Å². The highest BCUT2D eigenvalue weighted by atomic mass is 28.4. The maximum atomic E-state index is 14.4. The molecule has 36 nitrogen and oxygen atoms in total. The van der Waals surface area contributed by atoms with Crippen LogP contribution in [0.2, 0.25) is 18.1 Å². The van der Waals surface area contributed by atoms with Crippen molar-refractivity contribution < 1.29 is 111 Å². The minimum Gasteiger partial charge on any atom is -0.466 e. The second-order valence-corrected chi connectivity index (χ2v) is 34.1. The van der Waals surface area contributed by atoms with Gasteiger partial charge in [0.05, 0.1) is 58.9 Å². The van der Waals surface area contributed by atoms with Gasteiger partial charge in [0, 0.05) is 136 Å². The first-order valence-electron chi connectivity index (χ1n) is 41.7. The van der Waals surface area contributed by atoms with Gasteiger partial charge in [-0.1, -0.05) is 38.5 Å². The minimum atomic E-state index is -3.18. The van der Waals surface area contributed by atoms with E-state index in [9.17, 15) is 57.5 Å². The fourth-order valence-electron chi connectivity index (χ4n) is 12.8. The molecule has 0 aliphatic carbocycles. The average Bonchev–Trinajstić information content (AvgIpc) is 0.784. The number of ether oxygens (including phenoxy) is 6. The minimum absolute atomic E-state index is 0.00435. The summed E-state index contributed by atoms with van der Waals surface area (Å²) in [6, 6.07) is -4.89. The van der Waals surface area contributed by atoms with E-state index in [1.54, 1.807) is 41.5 Å². The summed E-state index contributed by atoms with van der Waals surface area (Å²) in [5.74, 6) is -4.42. The highest BCUT2D eigenvalue weighted by Crippen LogP contribution is 2.25. The highest BCUT2D eigenvalue weighted by Gasteiger charge is 2.45. The van der Waals surface area contributed by atoms with Crippen LogP contribution in [0, 0.1) is 0 Å². The molecule has 0 aliphatic heterocycles. The van der Waals surface area contributed by atoms with E-state index >= 15 is 0 Å². The summed E-state index contributed by atoms with van der Waals surface area (Å²) in [6.45, 7) is 29.6. The zero-order chi connectivity index (χ0) is 85.2. The summed E-state index contributed by atoms with van der Waals surface area (Å²) >= 11 is 0. The molecule has 0 bridgehead atoms. The van der Waals surface area contributed by atoms with E-state index in [4.69, 9.17) is 68.3 Å². The average molecular weight is 1690 g/mol. The molecule has 3 atom stereocenters. The largest absolute Gasteiger partial charge is 0.500 e. The van der Waals surface area contributed by atoms with E-state index in [0.29, 0.717) is 174 Å². The summed E-state index contributed by atoms with van der Waals surface area (Å²) in [4.78, 5) is 169. The van der Waals surface area contributed by atoms with Crippen molar-refractivity contribution in [2.75, 3.05) is 138 Å². The van der Waals surface area contributed by atoms with Crippen molar-refractivity contribution in [3.63, 3.8) is 0 Å². The van der Waals surface area contributed by atoms with Crippen LogP contribution in [0.15, 0.2) is 14.4 Å². The molecule has 3 N–H and O–H groups in total. The number of aromatic nitrogens is 3. The Morgan fingerprint density at radius 3 is 0.675 bits per heavy atom. The Bertz CT molecular complexity index is 2700. The number of nitrogens with zero attached hydrogens (tertiary/aromatic N) is 6. The number of carbonyl (C=O) groups excluding carboxylic acids is 9. The number of nitrogens with one attached hydrogen (secondary N) is 3. The molecule has 6 amide bonds. The SMILES string of the molecule is CCOC(=O)CC(C(=O)OCC)N(CCC[Si](OCC)(OCC)OCC)C(=O)NCCCCCCn1c(=O)n(CCCCCCNC(=O)N(CCC[Si](OCC)(OCC)OCC)C(CC(=O)OCC)C(=O)OCC)c(=O)n(CCCCCCNC(=O)N(CCC[Si](OCC)(OCC)OCC)C(CC(=O)OCC)C(=O)OCC)c1=O. The maximum absolute atomic E-state index is 14.4. The fourth-order valence-corrected chi connectivity index (χ4v) is 20.6. The van der Waals surface area contributed by atoms with Gasteiger partial charge < -0.3 is 98.9 Å². The molecule has 1 aromatic heterocycles. The van der Waals surface area contributed by atoms with E-state index < -0.39 is 135 Å². The molecule has 39 heteroatoms. The van der Waals surface area contributed by atoms with Crippen molar-refractivity contribution >= 4 is 80.3 Å². The zero-order valence-electron chi connectivity index (χ0n) is 71.3. The number of carbonyl (C=O) groups is 9. The van der Waals surface area contributed by atoms with Crippen molar-refractivity contribution in [3.05, 3.63) is 31.5 Å². The number of urea groups is 3. The Hall–Kier alpha value is -6.67. The van der Waals surface area contributed by atoms with Crippen LogP contribution in [0.5, 0.6) is 0 Å². The van der Waals surface area contributed by atoms with Crippen LogP contribution in [0.4, 0.5) is 14.4 Å². The Kier molecular flexibility index (Phi) is 57.8. The molecule has 0 aromatic carbocycles. The fraction of sp³-hybridized carbons (Fsp3) is 0.840. The molecule has 660 valence electrons. The van der Waals surface area contributed by atoms with Crippen LogP contribution in [0.25, 0.3) is 0 Å². The van der Waals surface area contributed by atoms with Gasteiger partial charge in [-0.2, -0.15) is 0 Å². The van der Waals surface area contributed by atoms with Gasteiger partial charge in [-0.15, -0.1) is 0 Å². The van der Waals surface area contributed by atoms with Crippen LogP contribution in [0.3, 0.4) is 0 Å². The second-order valence-electron chi connectivity index (χ2n) is 25.9. The van der Waals surface area contributed by atoms with Crippen molar-refractivity contribution in [2.24, 2.45) is 0 Å². The molecule has 1 aromatic rings. The molecule has 0 aliphatic rings. The molecule has 0 radical (unpaired) electrons. The number of esters is 6. The molecule has 0 fully saturated rings. The van der Waals surface area contributed by atoms with E-state index in [-0.39, 0.29) is 98.5 Å². The summed E-state index contributed by atoms with van der Waals surface area (Å²) < 4.78 is 89.1. The second kappa shape index (κ2) is 62.6. The molecule has 0 saturated heterocycles. The third-order valence-electron chi connectivity index (χ3n) is 17.6. The molecule has 1 rings (SSSR count). The number of unbranched alkanes of at least 4 members (excludes halogenated alkanes) is 9. The standard InChI is InChI=1S/C75H141N9O27Si3/c1-16-97-64(85)58-61(67(88)100-19-4)79(52-43-55-112(103-22-7,104-23-8)105-24-9)70(91)76-46-37-31-34-40-49-82-73(94)83(50-41-35-32-38-47-77-71(92)80(62(68(89)101-20-5)59-65(86)98-17-2)53-44-56-113(106-25-10,107-26-11)108-27-12)75(96)84(74(82)95)51-42-36-33-39-48-78-72(93)81(63(69(90)102-21-6)60-66(87)99-18-3)54-45-57-114(109-28-13,110-29-14)111-30-15/h61-63H,16-60H2,1-15H3,(H,76,91)(H,77,92)(H,78,93). The lowest BCUT2D eigenvalue weighted by Crippen LogP contribution is -2.54. The lowest BCUT2D eigenvalue weighted by Gasteiger charge is -2.32. The summed E-state index contributed by atoms with van der Waals surface area (Å²) in [5.41, 5.74) is -2.37. The van der Waals surface area contributed by atoms with Gasteiger partial charge in [0.2, 0.25) is 0 Å². The zero-order valence-corrected chi connectivity index (χ0v) is 74.3. The third-order valence-corrected chi connectivity index (χ3v) is 27.1. The third kappa shape index (κ3) is 39.5. The van der Waals surface area contributed by atoms with Crippen molar-refractivity contribution in [2.45, 2.75) is 275 Å². The Balaban J connectivity index is 3.62. The lowest BCUT2D eigenvalue weighted by atomic mass is 10.1. The van der Waals surface area contributed by atoms with Gasteiger partial charge in [0.15, 0.2) is 0 Å². The van der Waals surface area contributed by atoms with E-state index in [0.717, 1.165) is 13.7 Å². The molecule has 3 unspecified atom stereocenters. The quantitative estimate of drug-likeness (QED) is 0.0242. The molecular formula is C75H141N9O27Si3. The molecule has 114 heavy (non-hydrogen) atoms. The van der Waals surface area contributed by atoms with Crippen LogP contribution in [-0.4, -0.2) is 265 Å². The molecule has 1 heterocycles. The van der Waals surface area contributed by atoms with Gasteiger partial charge in [-0.25, -0.2) is 56.9 Å². The molecule has 0 spiro atoms. The summed E-state index contributed by atoms with van der Waals surface area (Å²) in [5, 5.41) is 8.66. The van der Waals surface area contributed by atoms with Crippen LogP contribution >= 0.6 is 0 Å². The number of amides is 6. The number of hydrogen-bond donors (Lipinski definition) is 3. The lowest BCUT2D eigenvalue weighted by molar-refractivity contribution is -0.155. The van der Waals surface area contributed by atoms with Crippen LogP contribution in [0.1, 0.15) is 219 Å². The first-order valence-corrected chi connectivity index (χ1v) is 47.5. The van der Waals surface area contributed by atoms with Gasteiger partial charge in [0.25, 0.3) is 0 Å². The first kappa shape index (κ1) is 105. The highest BCUT2D eigenvalue weighted by molar-refractivity contribution is 6.61. The monoisotopic (exact) mass is 1680 g/mol. The van der Waals surface area contributed by atoms with Crippen molar-refractivity contribution in [1.29, 1.82) is 0 Å². The number of rotatable bonds is 69. The predicted molar refractivity (Wildman–Crippen MR) is 430 cm³/mol. The number of hydrogen-bond acceptors (Lipinski definition) is 27. The van der Waals surface area contributed by atoms with Crippen molar-refractivity contribution in [3.8, 4) is 0 Å². The first-order chi connectivity index (χ1) is 54.9. The van der Waals surface area contributed by atoms with Gasteiger partial charge in [-0.3, -0.25) is 14.4 Å². The maximum Gasteiger partial charge on any atom is 0.500 e. The molecule has 0 saturated carbocycles. The van der Waals surface area contributed by atoms with E-state index in [1.807, 2.05) is 62.3 Å². The topological polar surface area (TPSA) is 404 Å². The Morgan fingerprint density at radius 2 is 0.482 bits per heavy atom. The van der Waals surface area contributed by atoms with E-state index in [1.165, 1.54) is 14.7 Å². The van der Waals surface area contributed by atoms with E-state index in [2.05, 4.69) is 16.0 Å². The summed E-state index contributed by atoms with van der Waals surface area (Å²) in [6.07, 6.45) is 4.84. The smallest absolute Gasteiger partial charge is 0.466 e. The Labute approximate surface area is 678 Å². The van der Waals surface area contributed by atoms with Gasteiger partial charge >= 0.3 is 97.4 Å². The Morgan fingerprint density at radius 1 is 0.281 bits per heavy atom. The predicted octanol–water partition coefficient (Wildman–Crippen LogP) is 7.86. The summed E-state index contributed by atoms with van der Waals surface area (Å²) in [7, 11) is -9.55. The van der Waals surface area contributed by atoms with Crippen LogP contribution < -0.4 is 33.0 Å². The normalized spacial score (nSPS) is 12.4. The molecular weight excluding hydrogens is 1540 g/mol. The van der Waals surface area contributed by atoms with Gasteiger partial charge in [-0.05, 0) is 162 Å². The van der Waals surface area contributed by atoms with Crippen LogP contribution in [-0.2, 0) is 117 Å². The van der Waals surface area contributed by atoms with Gasteiger partial charge in [0.1, 0.15) is 18.1 Å².